The second-order valence-corrected chi connectivity index (χ2v) is 4.88. The van der Waals surface area contributed by atoms with Crippen molar-refractivity contribution in [1.29, 1.82) is 0 Å². The van der Waals surface area contributed by atoms with Gasteiger partial charge in [-0.05, 0) is 25.0 Å². The lowest BCUT2D eigenvalue weighted by atomic mass is 10.1. The molecule has 0 heterocycles. The number of nitrogens with two attached hydrogens (primary N) is 1. The largest absolute Gasteiger partial charge is 0.478 e. The van der Waals surface area contributed by atoms with E-state index >= 15 is 0 Å². The van der Waals surface area contributed by atoms with E-state index in [1.165, 1.54) is 12.1 Å². The Morgan fingerprint density at radius 2 is 2.10 bits per heavy atom. The Balaban J connectivity index is 2.49. The average Bonchev–Trinajstić information content (AvgIpc) is 2.39. The average molecular weight is 301 g/mol. The summed E-state index contributed by atoms with van der Waals surface area (Å²) in [6.45, 7) is 4.11. The van der Waals surface area contributed by atoms with Gasteiger partial charge in [-0.3, -0.25) is 0 Å². The van der Waals surface area contributed by atoms with Gasteiger partial charge in [0, 0.05) is 25.4 Å². The van der Waals surface area contributed by atoms with Crippen molar-refractivity contribution in [2.45, 2.75) is 26.2 Å². The van der Waals surface area contributed by atoms with Crippen molar-refractivity contribution in [1.82, 2.24) is 0 Å². The zero-order valence-corrected chi connectivity index (χ0v) is 12.4. The summed E-state index contributed by atoms with van der Waals surface area (Å²) in [5, 5.41) is 12.5. The van der Waals surface area contributed by atoms with E-state index in [0.29, 0.717) is 29.5 Å². The standard InChI is InChI=1S/C14H21ClN2O3/c1-2-3-6-20-7-4-5-17-13-11(14(18)19)8-10(16)9-12(13)15/h8-9,17H,2-7,16H2,1H3,(H,18,19). The summed E-state index contributed by atoms with van der Waals surface area (Å²) in [5.41, 5.74) is 6.42. The Hall–Kier alpha value is -1.46. The molecule has 4 N–H and O–H groups in total. The molecule has 0 aliphatic carbocycles. The highest BCUT2D eigenvalue weighted by molar-refractivity contribution is 6.34. The summed E-state index contributed by atoms with van der Waals surface area (Å²) in [4.78, 5) is 11.2. The van der Waals surface area contributed by atoms with Crippen LogP contribution in [0, 0.1) is 0 Å². The number of rotatable bonds is 9. The molecule has 0 aliphatic heterocycles. The number of carbonyl (C=O) groups is 1. The highest BCUT2D eigenvalue weighted by atomic mass is 35.5. The Labute approximate surface area is 124 Å². The number of unbranched alkanes of at least 4 members (excludes halogenated alkanes) is 1. The molecule has 0 atom stereocenters. The number of nitrogen functional groups attached to an aromatic ring is 1. The van der Waals surface area contributed by atoms with Gasteiger partial charge in [-0.1, -0.05) is 24.9 Å². The molecule has 20 heavy (non-hydrogen) atoms. The van der Waals surface area contributed by atoms with E-state index < -0.39 is 5.97 Å². The van der Waals surface area contributed by atoms with Crippen LogP contribution in [0.2, 0.25) is 5.02 Å². The smallest absolute Gasteiger partial charge is 0.337 e. The molecule has 1 aromatic carbocycles. The molecule has 0 saturated carbocycles. The van der Waals surface area contributed by atoms with Gasteiger partial charge in [0.1, 0.15) is 0 Å². The van der Waals surface area contributed by atoms with Crippen molar-refractivity contribution in [3.63, 3.8) is 0 Å². The topological polar surface area (TPSA) is 84.6 Å². The number of carboxylic acid groups (broad SMARTS) is 1. The summed E-state index contributed by atoms with van der Waals surface area (Å²) < 4.78 is 5.43. The third-order valence-electron chi connectivity index (χ3n) is 2.75. The molecule has 0 bridgehead atoms. The van der Waals surface area contributed by atoms with Crippen LogP contribution in [-0.4, -0.2) is 30.8 Å². The SMILES string of the molecule is CCCCOCCCNc1c(Cl)cc(N)cc1C(=O)O. The second-order valence-electron chi connectivity index (χ2n) is 4.48. The summed E-state index contributed by atoms with van der Waals surface area (Å²) in [6.07, 6.45) is 2.95. The molecule has 0 amide bonds. The van der Waals surface area contributed by atoms with E-state index in [4.69, 9.17) is 27.2 Å². The van der Waals surface area contributed by atoms with Gasteiger partial charge in [0.05, 0.1) is 16.3 Å². The highest BCUT2D eigenvalue weighted by Crippen LogP contribution is 2.29. The first-order valence-electron chi connectivity index (χ1n) is 6.70. The van der Waals surface area contributed by atoms with E-state index in [-0.39, 0.29) is 5.56 Å². The van der Waals surface area contributed by atoms with Crippen molar-refractivity contribution < 1.29 is 14.6 Å². The van der Waals surface area contributed by atoms with Gasteiger partial charge in [-0.15, -0.1) is 0 Å². The van der Waals surface area contributed by atoms with Crippen molar-refractivity contribution in [3.05, 3.63) is 22.7 Å². The minimum Gasteiger partial charge on any atom is -0.478 e. The molecule has 1 aromatic rings. The maximum absolute atomic E-state index is 11.2. The van der Waals surface area contributed by atoms with Crippen molar-refractivity contribution in [2.75, 3.05) is 30.8 Å². The summed E-state index contributed by atoms with van der Waals surface area (Å²) in [7, 11) is 0. The summed E-state index contributed by atoms with van der Waals surface area (Å²) >= 11 is 6.02. The van der Waals surface area contributed by atoms with Gasteiger partial charge in [-0.25, -0.2) is 4.79 Å². The van der Waals surface area contributed by atoms with Crippen LogP contribution in [0.25, 0.3) is 0 Å². The second kappa shape index (κ2) is 8.66. The molecular formula is C14H21ClN2O3. The molecule has 112 valence electrons. The van der Waals surface area contributed by atoms with Gasteiger partial charge in [0.25, 0.3) is 0 Å². The lowest BCUT2D eigenvalue weighted by Crippen LogP contribution is -2.11. The van der Waals surface area contributed by atoms with Crippen LogP contribution < -0.4 is 11.1 Å². The summed E-state index contributed by atoms with van der Waals surface area (Å²) in [5.74, 6) is -1.05. The number of halogens is 1. The fraction of sp³-hybridized carbons (Fsp3) is 0.500. The zero-order valence-electron chi connectivity index (χ0n) is 11.6. The van der Waals surface area contributed by atoms with Crippen molar-refractivity contribution >= 4 is 28.9 Å². The van der Waals surface area contributed by atoms with Gasteiger partial charge in [-0.2, -0.15) is 0 Å². The Morgan fingerprint density at radius 1 is 1.40 bits per heavy atom. The number of carboxylic acids is 1. The number of aromatic carboxylic acids is 1. The normalized spacial score (nSPS) is 10.5. The van der Waals surface area contributed by atoms with E-state index in [9.17, 15) is 4.79 Å². The quantitative estimate of drug-likeness (QED) is 0.481. The fourth-order valence-electron chi connectivity index (χ4n) is 1.71. The minimum atomic E-state index is -1.05. The van der Waals surface area contributed by atoms with Crippen LogP contribution in [0.1, 0.15) is 36.5 Å². The maximum Gasteiger partial charge on any atom is 0.337 e. The lowest BCUT2D eigenvalue weighted by molar-refractivity contribution is 0.0698. The van der Waals surface area contributed by atoms with Gasteiger partial charge in [0.15, 0.2) is 0 Å². The molecule has 1 rings (SSSR count). The number of hydrogen-bond donors (Lipinski definition) is 3. The van der Waals surface area contributed by atoms with Crippen molar-refractivity contribution in [2.24, 2.45) is 0 Å². The van der Waals surface area contributed by atoms with Gasteiger partial charge in [0.2, 0.25) is 0 Å². The van der Waals surface area contributed by atoms with E-state index in [1.54, 1.807) is 0 Å². The van der Waals surface area contributed by atoms with Crippen LogP contribution in [-0.2, 0) is 4.74 Å². The van der Waals surface area contributed by atoms with Crippen LogP contribution in [0.15, 0.2) is 12.1 Å². The number of nitrogens with one attached hydrogen (secondary N) is 1. The molecule has 6 heteroatoms. The first-order chi connectivity index (χ1) is 9.56. The number of hydrogen-bond acceptors (Lipinski definition) is 4. The van der Waals surface area contributed by atoms with E-state index in [2.05, 4.69) is 12.2 Å². The summed E-state index contributed by atoms with van der Waals surface area (Å²) in [6, 6.07) is 2.93. The Bertz CT molecular complexity index is 452. The maximum atomic E-state index is 11.2. The molecule has 0 radical (unpaired) electrons. The first-order valence-corrected chi connectivity index (χ1v) is 7.08. The van der Waals surface area contributed by atoms with Crippen molar-refractivity contribution in [3.8, 4) is 0 Å². The molecule has 0 unspecified atom stereocenters. The zero-order chi connectivity index (χ0) is 15.0. The third kappa shape index (κ3) is 5.27. The van der Waals surface area contributed by atoms with Gasteiger partial charge >= 0.3 is 5.97 Å². The highest BCUT2D eigenvalue weighted by Gasteiger charge is 2.14. The monoisotopic (exact) mass is 300 g/mol. The molecule has 0 aliphatic rings. The van der Waals surface area contributed by atoms with E-state index in [1.807, 2.05) is 0 Å². The Morgan fingerprint density at radius 3 is 2.75 bits per heavy atom. The lowest BCUT2D eigenvalue weighted by Gasteiger charge is -2.12. The fourth-order valence-corrected chi connectivity index (χ4v) is 2.01. The van der Waals surface area contributed by atoms with Crippen LogP contribution in [0.4, 0.5) is 11.4 Å². The Kier molecular flexibility index (Phi) is 7.18. The molecular weight excluding hydrogens is 280 g/mol. The van der Waals surface area contributed by atoms with Gasteiger partial charge < -0.3 is 20.9 Å². The molecule has 0 aromatic heterocycles. The van der Waals surface area contributed by atoms with E-state index in [0.717, 1.165) is 25.9 Å². The number of ether oxygens (including phenoxy) is 1. The first kappa shape index (κ1) is 16.6. The predicted octanol–water partition coefficient (Wildman–Crippen LogP) is 3.24. The predicted molar refractivity (Wildman–Crippen MR) is 81.7 cm³/mol. The van der Waals surface area contributed by atoms with Crippen LogP contribution in [0.3, 0.4) is 0 Å². The minimum absolute atomic E-state index is 0.0851. The number of benzene rings is 1. The van der Waals surface area contributed by atoms with Crippen LogP contribution >= 0.6 is 11.6 Å². The third-order valence-corrected chi connectivity index (χ3v) is 3.05. The molecule has 0 spiro atoms. The molecule has 5 nitrogen and oxygen atoms in total. The van der Waals surface area contributed by atoms with Crippen LogP contribution in [0.5, 0.6) is 0 Å². The molecule has 0 fully saturated rings. The number of anilines is 2. The molecule has 0 saturated heterocycles.